The average molecular weight is 323 g/mol. The van der Waals surface area contributed by atoms with E-state index in [1.54, 1.807) is 0 Å². The molecule has 0 aliphatic carbocycles. The fraction of sp³-hybridized carbons (Fsp3) is 0.250. The molecule has 1 heterocycles. The summed E-state index contributed by atoms with van der Waals surface area (Å²) in [7, 11) is 0. The minimum atomic E-state index is 0.646. The van der Waals surface area contributed by atoms with Crippen molar-refractivity contribution in [2.24, 2.45) is 0 Å². The van der Waals surface area contributed by atoms with E-state index >= 15 is 0 Å². The molecule has 0 unspecified atom stereocenters. The highest BCUT2D eigenvalue weighted by Gasteiger charge is 2.10. The summed E-state index contributed by atoms with van der Waals surface area (Å²) in [5, 5.41) is 10.1. The first kappa shape index (κ1) is 15.6. The molecule has 0 aromatic heterocycles. The number of piperidine rings is 1. The van der Waals surface area contributed by atoms with Crippen LogP contribution in [0.5, 0.6) is 0 Å². The van der Waals surface area contributed by atoms with Gasteiger partial charge in [0.2, 0.25) is 0 Å². The molecule has 2 aromatic carbocycles. The minimum Gasteiger partial charge on any atom is -0.372 e. The van der Waals surface area contributed by atoms with E-state index in [4.69, 9.17) is 11.6 Å². The van der Waals surface area contributed by atoms with Gasteiger partial charge in [0.15, 0.2) is 0 Å². The second kappa shape index (κ2) is 7.35. The highest BCUT2D eigenvalue weighted by atomic mass is 35.5. The van der Waals surface area contributed by atoms with Crippen LogP contribution in [0.3, 0.4) is 0 Å². The fourth-order valence-corrected chi connectivity index (χ4v) is 3.04. The van der Waals surface area contributed by atoms with Gasteiger partial charge in [0.05, 0.1) is 11.6 Å². The Morgan fingerprint density at radius 1 is 0.957 bits per heavy atom. The molecule has 2 nitrogen and oxygen atoms in total. The first-order chi connectivity index (χ1) is 11.3. The lowest BCUT2D eigenvalue weighted by Crippen LogP contribution is -2.29. The van der Waals surface area contributed by atoms with Gasteiger partial charge in [0, 0.05) is 23.8 Å². The fourth-order valence-electron chi connectivity index (χ4n) is 2.91. The zero-order valence-corrected chi connectivity index (χ0v) is 13.8. The second-order valence-electron chi connectivity index (χ2n) is 5.82. The summed E-state index contributed by atoms with van der Waals surface area (Å²) in [6, 6.07) is 18.1. The van der Waals surface area contributed by atoms with Crippen LogP contribution in [0.25, 0.3) is 11.6 Å². The van der Waals surface area contributed by atoms with Gasteiger partial charge in [0.25, 0.3) is 0 Å². The largest absolute Gasteiger partial charge is 0.372 e. The molecule has 2 aromatic rings. The Morgan fingerprint density at radius 3 is 2.22 bits per heavy atom. The van der Waals surface area contributed by atoms with Crippen LogP contribution in [-0.4, -0.2) is 13.1 Å². The van der Waals surface area contributed by atoms with Crippen molar-refractivity contribution in [3.8, 4) is 6.07 Å². The second-order valence-corrected chi connectivity index (χ2v) is 6.25. The van der Waals surface area contributed by atoms with E-state index in [9.17, 15) is 5.26 Å². The van der Waals surface area contributed by atoms with Gasteiger partial charge in [-0.2, -0.15) is 5.26 Å². The SMILES string of the molecule is N#C/C(=C/c1ccc(N2CCCCC2)cc1)c1ccc(Cl)cc1. The maximum atomic E-state index is 9.41. The lowest BCUT2D eigenvalue weighted by atomic mass is 10.0. The highest BCUT2D eigenvalue weighted by molar-refractivity contribution is 6.30. The Balaban J connectivity index is 1.80. The van der Waals surface area contributed by atoms with Crippen molar-refractivity contribution in [3.05, 3.63) is 64.7 Å². The van der Waals surface area contributed by atoms with Crippen molar-refractivity contribution in [2.45, 2.75) is 19.3 Å². The predicted molar refractivity (Wildman–Crippen MR) is 97.4 cm³/mol. The van der Waals surface area contributed by atoms with Gasteiger partial charge in [0.1, 0.15) is 0 Å². The van der Waals surface area contributed by atoms with Crippen LogP contribution in [0.15, 0.2) is 48.5 Å². The van der Waals surface area contributed by atoms with Crippen LogP contribution >= 0.6 is 11.6 Å². The van der Waals surface area contributed by atoms with Crippen molar-refractivity contribution >= 4 is 28.9 Å². The minimum absolute atomic E-state index is 0.646. The van der Waals surface area contributed by atoms with E-state index in [1.807, 2.05) is 30.3 Å². The third-order valence-electron chi connectivity index (χ3n) is 4.20. The van der Waals surface area contributed by atoms with Crippen molar-refractivity contribution in [1.82, 2.24) is 0 Å². The van der Waals surface area contributed by atoms with E-state index in [0.717, 1.165) is 24.2 Å². The quantitative estimate of drug-likeness (QED) is 0.559. The van der Waals surface area contributed by atoms with Crippen LogP contribution in [0.4, 0.5) is 5.69 Å². The number of halogens is 1. The Kier molecular flexibility index (Phi) is 5.00. The maximum Gasteiger partial charge on any atom is 0.0998 e. The molecular formula is C20H19ClN2. The molecular weight excluding hydrogens is 304 g/mol. The molecule has 1 aliphatic rings. The number of hydrogen-bond donors (Lipinski definition) is 0. The van der Waals surface area contributed by atoms with Gasteiger partial charge < -0.3 is 4.90 Å². The molecule has 0 spiro atoms. The van der Waals surface area contributed by atoms with E-state index in [2.05, 4.69) is 35.2 Å². The van der Waals surface area contributed by atoms with E-state index in [0.29, 0.717) is 10.6 Å². The van der Waals surface area contributed by atoms with Crippen LogP contribution < -0.4 is 4.90 Å². The van der Waals surface area contributed by atoms with Crippen molar-refractivity contribution in [3.63, 3.8) is 0 Å². The van der Waals surface area contributed by atoms with E-state index in [-0.39, 0.29) is 0 Å². The third kappa shape index (κ3) is 3.94. The molecule has 1 fully saturated rings. The summed E-state index contributed by atoms with van der Waals surface area (Å²) >= 11 is 5.90. The molecule has 0 atom stereocenters. The lowest BCUT2D eigenvalue weighted by Gasteiger charge is -2.28. The van der Waals surface area contributed by atoms with Gasteiger partial charge in [-0.05, 0) is 60.7 Å². The van der Waals surface area contributed by atoms with Gasteiger partial charge in [-0.15, -0.1) is 0 Å². The van der Waals surface area contributed by atoms with Crippen LogP contribution in [0.1, 0.15) is 30.4 Å². The monoisotopic (exact) mass is 322 g/mol. The molecule has 0 amide bonds. The standard InChI is InChI=1S/C20H19ClN2/c21-19-8-6-17(7-9-19)18(15-22)14-16-4-10-20(11-5-16)23-12-2-1-3-13-23/h4-11,14H,1-3,12-13H2/b18-14-. The van der Waals surface area contributed by atoms with Crippen molar-refractivity contribution < 1.29 is 0 Å². The van der Waals surface area contributed by atoms with Crippen LogP contribution in [-0.2, 0) is 0 Å². The number of nitriles is 1. The lowest BCUT2D eigenvalue weighted by molar-refractivity contribution is 0.578. The number of hydrogen-bond acceptors (Lipinski definition) is 2. The summed E-state index contributed by atoms with van der Waals surface area (Å²) in [5.74, 6) is 0. The van der Waals surface area contributed by atoms with Crippen molar-refractivity contribution in [1.29, 1.82) is 5.26 Å². The predicted octanol–water partition coefficient (Wildman–Crippen LogP) is 5.39. The van der Waals surface area contributed by atoms with Gasteiger partial charge in [-0.1, -0.05) is 35.9 Å². The molecule has 1 aliphatic heterocycles. The number of benzene rings is 2. The summed E-state index contributed by atoms with van der Waals surface area (Å²) < 4.78 is 0. The smallest absolute Gasteiger partial charge is 0.0998 e. The molecule has 0 radical (unpaired) electrons. The van der Waals surface area contributed by atoms with Gasteiger partial charge in [-0.3, -0.25) is 0 Å². The zero-order chi connectivity index (χ0) is 16.1. The molecule has 1 saturated heterocycles. The zero-order valence-electron chi connectivity index (χ0n) is 13.0. The van der Waals surface area contributed by atoms with Gasteiger partial charge in [-0.25, -0.2) is 0 Å². The topological polar surface area (TPSA) is 27.0 Å². The summed E-state index contributed by atoms with van der Waals surface area (Å²) in [5.41, 5.74) is 3.84. The maximum absolute atomic E-state index is 9.41. The van der Waals surface area contributed by atoms with Crippen molar-refractivity contribution in [2.75, 3.05) is 18.0 Å². The van der Waals surface area contributed by atoms with Crippen LogP contribution in [0.2, 0.25) is 5.02 Å². The number of nitrogens with zero attached hydrogens (tertiary/aromatic N) is 2. The summed E-state index contributed by atoms with van der Waals surface area (Å²) in [6.07, 6.45) is 5.81. The summed E-state index contributed by atoms with van der Waals surface area (Å²) in [6.45, 7) is 2.28. The van der Waals surface area contributed by atoms with Gasteiger partial charge >= 0.3 is 0 Å². The molecule has 116 valence electrons. The number of allylic oxidation sites excluding steroid dienone is 1. The molecule has 0 N–H and O–H groups in total. The van der Waals surface area contributed by atoms with E-state index in [1.165, 1.54) is 24.9 Å². The Hall–Kier alpha value is -2.24. The molecule has 0 saturated carbocycles. The molecule has 0 bridgehead atoms. The average Bonchev–Trinajstić information content (AvgIpc) is 2.62. The molecule has 3 rings (SSSR count). The normalized spacial score (nSPS) is 15.3. The first-order valence-electron chi connectivity index (χ1n) is 7.99. The van der Waals surface area contributed by atoms with E-state index < -0.39 is 0 Å². The highest BCUT2D eigenvalue weighted by Crippen LogP contribution is 2.23. The number of rotatable bonds is 3. The Bertz CT molecular complexity index is 718. The first-order valence-corrected chi connectivity index (χ1v) is 8.37. The number of anilines is 1. The molecule has 3 heteroatoms. The van der Waals surface area contributed by atoms with Crippen LogP contribution in [0, 0.1) is 11.3 Å². The third-order valence-corrected chi connectivity index (χ3v) is 4.45. The summed E-state index contributed by atoms with van der Waals surface area (Å²) in [4.78, 5) is 2.43. The Labute approximate surface area is 142 Å². The Morgan fingerprint density at radius 2 is 1.61 bits per heavy atom. The molecule has 23 heavy (non-hydrogen) atoms.